The van der Waals surface area contributed by atoms with Gasteiger partial charge in [-0.05, 0) is 75.3 Å². The van der Waals surface area contributed by atoms with E-state index in [2.05, 4.69) is 163 Å². The number of hydrogen-bond acceptors (Lipinski definition) is 2. The lowest BCUT2D eigenvalue weighted by Crippen LogP contribution is -2.28. The highest BCUT2D eigenvalue weighted by Gasteiger charge is 2.53. The van der Waals surface area contributed by atoms with Crippen LogP contribution in [0.5, 0.6) is 0 Å². The van der Waals surface area contributed by atoms with Gasteiger partial charge in [0.1, 0.15) is 11.2 Å². The molecule has 0 N–H and O–H groups in total. The van der Waals surface area contributed by atoms with Crippen molar-refractivity contribution in [1.82, 2.24) is 0 Å². The molecule has 0 unspecified atom stereocenters. The molecule has 8 aromatic rings. The molecule has 1 heterocycles. The largest absolute Gasteiger partial charge is 0.456 e. The van der Waals surface area contributed by atoms with E-state index in [4.69, 9.17) is 4.42 Å². The van der Waals surface area contributed by atoms with Gasteiger partial charge in [0.25, 0.3) is 0 Å². The predicted molar refractivity (Wildman–Crippen MR) is 185 cm³/mol. The molecule has 0 radical (unpaired) electrons. The molecule has 0 aliphatic heterocycles. The molecule has 10 rings (SSSR count). The lowest BCUT2D eigenvalue weighted by Gasteiger charge is -2.36. The highest BCUT2D eigenvalue weighted by atomic mass is 16.3. The van der Waals surface area contributed by atoms with E-state index in [0.717, 1.165) is 33.3 Å². The lowest BCUT2D eigenvalue weighted by molar-refractivity contribution is 0.669. The minimum atomic E-state index is -0.463. The Kier molecular flexibility index (Phi) is 4.95. The van der Waals surface area contributed by atoms with Gasteiger partial charge in [-0.15, -0.1) is 0 Å². The topological polar surface area (TPSA) is 16.4 Å². The monoisotopic (exact) mass is 573 g/mol. The number of para-hydroxylation sites is 2. The Balaban J connectivity index is 1.38. The second kappa shape index (κ2) is 9.07. The minimum Gasteiger partial charge on any atom is -0.456 e. The van der Waals surface area contributed by atoms with Crippen LogP contribution in [0, 0.1) is 0 Å². The Bertz CT molecular complexity index is 2390. The number of nitrogens with zero attached hydrogens (tertiary/aromatic N) is 1. The predicted octanol–water partition coefficient (Wildman–Crippen LogP) is 11.4. The lowest BCUT2D eigenvalue weighted by atomic mass is 9.70. The van der Waals surface area contributed by atoms with E-state index >= 15 is 0 Å². The summed E-state index contributed by atoms with van der Waals surface area (Å²) < 4.78 is 6.42. The van der Waals surface area contributed by atoms with Crippen LogP contribution in [0.15, 0.2) is 168 Å². The van der Waals surface area contributed by atoms with E-state index in [1.165, 1.54) is 50.2 Å². The van der Waals surface area contributed by atoms with E-state index in [9.17, 15) is 0 Å². The zero-order valence-corrected chi connectivity index (χ0v) is 24.4. The number of rotatable bonds is 3. The zero-order valence-electron chi connectivity index (χ0n) is 24.4. The third kappa shape index (κ3) is 3.13. The van der Waals surface area contributed by atoms with Crippen LogP contribution in [0.25, 0.3) is 44.2 Å². The number of furan rings is 1. The summed E-state index contributed by atoms with van der Waals surface area (Å²) in [6, 6.07) is 59.4. The highest BCUT2D eigenvalue weighted by Crippen LogP contribution is 2.65. The Morgan fingerprint density at radius 3 is 1.62 bits per heavy atom. The smallest absolute Gasteiger partial charge is 0.137 e. The Hall–Kier alpha value is -5.86. The average molecular weight is 574 g/mol. The van der Waals surface area contributed by atoms with Crippen LogP contribution in [-0.2, 0) is 5.41 Å². The molecule has 1 aromatic heterocycles. The quantitative estimate of drug-likeness (QED) is 0.209. The Morgan fingerprint density at radius 1 is 0.400 bits per heavy atom. The number of anilines is 3. The van der Waals surface area contributed by atoms with Crippen LogP contribution in [0.4, 0.5) is 17.1 Å². The molecule has 45 heavy (non-hydrogen) atoms. The standard InChI is InChI=1S/C43H27NO/c1-2-14-28(15-3-1)44(37-24-13-27-40-41(37)33-19-7-11-26-39(33)45-40)38-25-12-20-32-31-18-6-10-23-36(31)43(42(32)38)34-21-8-4-16-29(34)30-17-5-9-22-35(30)43/h1-27H. The van der Waals surface area contributed by atoms with Crippen molar-refractivity contribution in [2.45, 2.75) is 5.41 Å². The molecule has 0 amide bonds. The van der Waals surface area contributed by atoms with Crippen molar-refractivity contribution in [3.63, 3.8) is 0 Å². The van der Waals surface area contributed by atoms with Crippen molar-refractivity contribution in [2.24, 2.45) is 0 Å². The van der Waals surface area contributed by atoms with E-state index < -0.39 is 5.41 Å². The first kappa shape index (κ1) is 24.6. The van der Waals surface area contributed by atoms with Crippen molar-refractivity contribution in [3.05, 3.63) is 186 Å². The normalized spacial score (nSPS) is 13.5. The van der Waals surface area contributed by atoms with Gasteiger partial charge >= 0.3 is 0 Å². The van der Waals surface area contributed by atoms with Crippen molar-refractivity contribution < 1.29 is 4.42 Å². The molecule has 0 saturated carbocycles. The molecule has 7 aromatic carbocycles. The number of fused-ring (bicyclic) bond motifs is 13. The van der Waals surface area contributed by atoms with Gasteiger partial charge in [-0.25, -0.2) is 0 Å². The molecule has 0 saturated heterocycles. The highest BCUT2D eigenvalue weighted by molar-refractivity contribution is 6.14. The summed E-state index contributed by atoms with van der Waals surface area (Å²) in [6.45, 7) is 0. The third-order valence-electron chi connectivity index (χ3n) is 9.87. The Morgan fingerprint density at radius 2 is 0.911 bits per heavy atom. The summed E-state index contributed by atoms with van der Waals surface area (Å²) in [7, 11) is 0. The minimum absolute atomic E-state index is 0.463. The van der Waals surface area contributed by atoms with Gasteiger partial charge in [-0.2, -0.15) is 0 Å². The van der Waals surface area contributed by atoms with Crippen molar-refractivity contribution in [3.8, 4) is 22.3 Å². The van der Waals surface area contributed by atoms with Gasteiger partial charge in [-0.1, -0.05) is 127 Å². The van der Waals surface area contributed by atoms with Crippen LogP contribution in [0.3, 0.4) is 0 Å². The Labute approximate surface area is 261 Å². The molecule has 0 atom stereocenters. The van der Waals surface area contributed by atoms with Gasteiger partial charge < -0.3 is 9.32 Å². The summed E-state index contributed by atoms with van der Waals surface area (Å²) in [6.07, 6.45) is 0. The summed E-state index contributed by atoms with van der Waals surface area (Å²) in [5, 5.41) is 2.23. The molecule has 0 fully saturated rings. The van der Waals surface area contributed by atoms with Gasteiger partial charge in [0.05, 0.1) is 22.2 Å². The molecular formula is C43H27NO. The molecule has 2 aliphatic rings. The molecule has 2 heteroatoms. The van der Waals surface area contributed by atoms with Crippen LogP contribution in [0.1, 0.15) is 22.3 Å². The molecule has 2 nitrogen and oxygen atoms in total. The second-order valence-corrected chi connectivity index (χ2v) is 12.0. The van der Waals surface area contributed by atoms with E-state index in [0.29, 0.717) is 0 Å². The average Bonchev–Trinajstić information content (AvgIpc) is 3.74. The number of hydrogen-bond donors (Lipinski definition) is 0. The molecule has 0 bridgehead atoms. The van der Waals surface area contributed by atoms with Gasteiger partial charge in [0.15, 0.2) is 0 Å². The summed E-state index contributed by atoms with van der Waals surface area (Å²) >= 11 is 0. The van der Waals surface area contributed by atoms with Crippen LogP contribution < -0.4 is 4.90 Å². The van der Waals surface area contributed by atoms with Crippen molar-refractivity contribution >= 4 is 39.0 Å². The summed E-state index contributed by atoms with van der Waals surface area (Å²) in [5.74, 6) is 0. The van der Waals surface area contributed by atoms with Crippen molar-refractivity contribution in [1.29, 1.82) is 0 Å². The molecule has 1 spiro atoms. The first-order valence-electron chi connectivity index (χ1n) is 15.5. The zero-order chi connectivity index (χ0) is 29.5. The molecule has 2 aliphatic carbocycles. The second-order valence-electron chi connectivity index (χ2n) is 12.0. The summed E-state index contributed by atoms with van der Waals surface area (Å²) in [5.41, 5.74) is 15.2. The summed E-state index contributed by atoms with van der Waals surface area (Å²) in [4.78, 5) is 2.46. The van der Waals surface area contributed by atoms with Gasteiger partial charge in [0.2, 0.25) is 0 Å². The van der Waals surface area contributed by atoms with Crippen molar-refractivity contribution in [2.75, 3.05) is 4.90 Å². The molecule has 210 valence electrons. The van der Waals surface area contributed by atoms with Crippen LogP contribution in [0.2, 0.25) is 0 Å². The van der Waals surface area contributed by atoms with E-state index in [-0.39, 0.29) is 0 Å². The fourth-order valence-corrected chi connectivity index (χ4v) is 8.25. The SMILES string of the molecule is c1ccc(N(c2cccc3c2C2(c4ccccc4-c4ccccc42)c2ccccc2-3)c2cccc3oc4ccccc4c23)cc1. The maximum atomic E-state index is 6.42. The third-order valence-corrected chi connectivity index (χ3v) is 9.87. The van der Waals surface area contributed by atoms with Gasteiger partial charge in [0, 0.05) is 16.6 Å². The number of benzene rings is 7. The van der Waals surface area contributed by atoms with Crippen LogP contribution in [-0.4, -0.2) is 0 Å². The molecular weight excluding hydrogens is 546 g/mol. The first-order chi connectivity index (χ1) is 22.4. The first-order valence-corrected chi connectivity index (χ1v) is 15.5. The van der Waals surface area contributed by atoms with Crippen LogP contribution >= 0.6 is 0 Å². The maximum absolute atomic E-state index is 6.42. The fraction of sp³-hybridized carbons (Fsp3) is 0.0233. The van der Waals surface area contributed by atoms with E-state index in [1.54, 1.807) is 0 Å². The van der Waals surface area contributed by atoms with Gasteiger partial charge in [-0.3, -0.25) is 0 Å². The van der Waals surface area contributed by atoms with E-state index in [1.807, 2.05) is 6.07 Å². The maximum Gasteiger partial charge on any atom is 0.137 e. The fourth-order valence-electron chi connectivity index (χ4n) is 8.25.